The number of likely N-dealkylation sites (N-methyl/N-ethyl adjacent to an activating group) is 1. The fourth-order valence-corrected chi connectivity index (χ4v) is 2.09. The molecule has 1 aromatic carbocycles. The number of carbonyl (C=O) groups is 1. The van der Waals surface area contributed by atoms with E-state index in [1.807, 2.05) is 0 Å². The van der Waals surface area contributed by atoms with Crippen LogP contribution in [0.1, 0.15) is 0 Å². The molecule has 23 heavy (non-hydrogen) atoms. The molecule has 1 aromatic heterocycles. The summed E-state index contributed by atoms with van der Waals surface area (Å²) in [6.45, 7) is 0. The number of methoxy groups -OCH3 is 2. The minimum atomic E-state index is -0.580. The van der Waals surface area contributed by atoms with Crippen molar-refractivity contribution in [1.82, 2.24) is 4.98 Å². The molecule has 0 unspecified atom stereocenters. The number of oxazole rings is 1. The van der Waals surface area contributed by atoms with Gasteiger partial charge < -0.3 is 13.9 Å². The zero-order valence-electron chi connectivity index (χ0n) is 12.7. The summed E-state index contributed by atoms with van der Waals surface area (Å²) < 4.78 is 15.0. The highest BCUT2D eigenvalue weighted by atomic mass is 35.5. The second-order valence-corrected chi connectivity index (χ2v) is 5.25. The molecule has 0 aliphatic heterocycles. The van der Waals surface area contributed by atoms with Crippen LogP contribution in [0.3, 0.4) is 0 Å². The Morgan fingerprint density at radius 3 is 2.65 bits per heavy atom. The molecule has 6 nitrogen and oxygen atoms in total. The average Bonchev–Trinajstić information content (AvgIpc) is 3.04. The van der Waals surface area contributed by atoms with Crippen molar-refractivity contribution >= 4 is 35.2 Å². The Morgan fingerprint density at radius 1 is 1.30 bits per heavy atom. The third kappa shape index (κ3) is 3.78. The van der Waals surface area contributed by atoms with Crippen LogP contribution in [0.4, 0.5) is 6.01 Å². The SMILES string of the molecule is COC=C(C(=O)OC)N(C)c1nc(-c2ccc(Cl)c(Cl)c2)co1. The summed E-state index contributed by atoms with van der Waals surface area (Å²) >= 11 is 11.9. The quantitative estimate of drug-likeness (QED) is 0.461. The third-order valence-electron chi connectivity index (χ3n) is 2.98. The molecule has 0 aliphatic rings. The molecule has 0 saturated carbocycles. The molecule has 0 spiro atoms. The maximum atomic E-state index is 11.8. The molecular weight excluding hydrogens is 343 g/mol. The number of esters is 1. The van der Waals surface area contributed by atoms with Gasteiger partial charge in [-0.15, -0.1) is 0 Å². The second kappa shape index (κ2) is 7.39. The first kappa shape index (κ1) is 17.2. The Morgan fingerprint density at radius 2 is 2.04 bits per heavy atom. The molecule has 0 amide bonds. The van der Waals surface area contributed by atoms with Gasteiger partial charge in [0, 0.05) is 12.6 Å². The van der Waals surface area contributed by atoms with Crippen molar-refractivity contribution in [1.29, 1.82) is 0 Å². The third-order valence-corrected chi connectivity index (χ3v) is 3.72. The van der Waals surface area contributed by atoms with Crippen LogP contribution in [0.25, 0.3) is 11.3 Å². The molecule has 0 fully saturated rings. The van der Waals surface area contributed by atoms with Crippen molar-refractivity contribution in [3.63, 3.8) is 0 Å². The van der Waals surface area contributed by atoms with E-state index in [4.69, 9.17) is 37.1 Å². The largest absolute Gasteiger partial charge is 0.502 e. The standard InChI is InChI=1S/C15H14Cl2N2O4/c1-19(13(8-21-2)14(20)22-3)15-18-12(7-23-15)9-4-5-10(16)11(17)6-9/h4-8H,1-3H3. The van der Waals surface area contributed by atoms with Crippen molar-refractivity contribution in [2.45, 2.75) is 0 Å². The van der Waals surface area contributed by atoms with Crippen LogP contribution >= 0.6 is 23.2 Å². The van der Waals surface area contributed by atoms with Crippen molar-refractivity contribution in [2.75, 3.05) is 26.2 Å². The first-order chi connectivity index (χ1) is 11.0. The van der Waals surface area contributed by atoms with Gasteiger partial charge in [0.05, 0.1) is 24.3 Å². The number of benzene rings is 1. The molecule has 122 valence electrons. The zero-order valence-corrected chi connectivity index (χ0v) is 14.2. The van der Waals surface area contributed by atoms with Gasteiger partial charge in [0.15, 0.2) is 5.70 Å². The molecular formula is C15H14Cl2N2O4. The molecule has 1 heterocycles. The number of nitrogens with zero attached hydrogens (tertiary/aromatic N) is 2. The molecule has 0 N–H and O–H groups in total. The minimum absolute atomic E-state index is 0.137. The average molecular weight is 357 g/mol. The molecule has 0 atom stereocenters. The Bertz CT molecular complexity index is 743. The van der Waals surface area contributed by atoms with E-state index in [-0.39, 0.29) is 11.7 Å². The number of carbonyl (C=O) groups excluding carboxylic acids is 1. The normalized spacial score (nSPS) is 11.3. The Labute approximate surface area is 143 Å². The Kier molecular flexibility index (Phi) is 5.52. The first-order valence-corrected chi connectivity index (χ1v) is 7.19. The van der Waals surface area contributed by atoms with E-state index in [9.17, 15) is 4.79 Å². The van der Waals surface area contributed by atoms with Crippen LogP contribution in [0.15, 0.2) is 40.8 Å². The number of aromatic nitrogens is 1. The topological polar surface area (TPSA) is 64.8 Å². The van der Waals surface area contributed by atoms with E-state index in [2.05, 4.69) is 4.98 Å². The van der Waals surface area contributed by atoms with Gasteiger partial charge in [-0.2, -0.15) is 4.98 Å². The van der Waals surface area contributed by atoms with Gasteiger partial charge in [-0.05, 0) is 12.1 Å². The van der Waals surface area contributed by atoms with E-state index in [1.165, 1.54) is 31.6 Å². The Balaban J connectivity index is 2.32. The van der Waals surface area contributed by atoms with Crippen LogP contribution in [0.2, 0.25) is 10.0 Å². The van der Waals surface area contributed by atoms with Gasteiger partial charge in [-0.1, -0.05) is 29.3 Å². The van der Waals surface area contributed by atoms with Crippen molar-refractivity contribution in [3.05, 3.63) is 46.5 Å². The molecule has 0 radical (unpaired) electrons. The summed E-state index contributed by atoms with van der Waals surface area (Å²) in [7, 11) is 4.30. The second-order valence-electron chi connectivity index (χ2n) is 4.43. The van der Waals surface area contributed by atoms with Gasteiger partial charge in [0.25, 0.3) is 0 Å². The summed E-state index contributed by atoms with van der Waals surface area (Å²) in [5, 5.41) is 0.865. The van der Waals surface area contributed by atoms with Crippen LogP contribution in [-0.4, -0.2) is 32.2 Å². The fourth-order valence-electron chi connectivity index (χ4n) is 1.79. The highest BCUT2D eigenvalue weighted by Crippen LogP contribution is 2.29. The van der Waals surface area contributed by atoms with Gasteiger partial charge in [-0.3, -0.25) is 4.90 Å². The summed E-state index contributed by atoms with van der Waals surface area (Å²) in [5.41, 5.74) is 1.42. The zero-order chi connectivity index (χ0) is 17.0. The van der Waals surface area contributed by atoms with Gasteiger partial charge in [-0.25, -0.2) is 4.79 Å². The number of ether oxygens (including phenoxy) is 2. The molecule has 0 aliphatic carbocycles. The number of hydrogen-bond donors (Lipinski definition) is 0. The molecule has 2 aromatic rings. The van der Waals surface area contributed by atoms with Crippen LogP contribution in [0, 0.1) is 0 Å². The summed E-state index contributed by atoms with van der Waals surface area (Å²) in [6.07, 6.45) is 2.70. The van der Waals surface area contributed by atoms with Crippen LogP contribution < -0.4 is 4.90 Å². The van der Waals surface area contributed by atoms with E-state index in [1.54, 1.807) is 25.2 Å². The highest BCUT2D eigenvalue weighted by Gasteiger charge is 2.21. The predicted octanol–water partition coefficient (Wildman–Crippen LogP) is 3.75. The van der Waals surface area contributed by atoms with E-state index in [0.29, 0.717) is 15.7 Å². The van der Waals surface area contributed by atoms with E-state index >= 15 is 0 Å². The molecule has 2 rings (SSSR count). The lowest BCUT2D eigenvalue weighted by atomic mass is 10.2. The van der Waals surface area contributed by atoms with E-state index in [0.717, 1.165) is 5.56 Å². The van der Waals surface area contributed by atoms with Crippen molar-refractivity contribution in [3.8, 4) is 11.3 Å². The predicted molar refractivity (Wildman–Crippen MR) is 87.5 cm³/mol. The first-order valence-electron chi connectivity index (χ1n) is 6.44. The molecule has 0 saturated heterocycles. The monoisotopic (exact) mass is 356 g/mol. The highest BCUT2D eigenvalue weighted by molar-refractivity contribution is 6.42. The van der Waals surface area contributed by atoms with Gasteiger partial charge in [0.2, 0.25) is 0 Å². The number of halogens is 2. The fraction of sp³-hybridized carbons (Fsp3) is 0.200. The number of rotatable bonds is 5. The van der Waals surface area contributed by atoms with Crippen LogP contribution in [0.5, 0.6) is 0 Å². The summed E-state index contributed by atoms with van der Waals surface area (Å²) in [6, 6.07) is 5.31. The van der Waals surface area contributed by atoms with Crippen LogP contribution in [-0.2, 0) is 14.3 Å². The lowest BCUT2D eigenvalue weighted by Gasteiger charge is -2.15. The Hall–Kier alpha value is -2.18. The maximum Gasteiger partial charge on any atom is 0.358 e. The minimum Gasteiger partial charge on any atom is -0.502 e. The summed E-state index contributed by atoms with van der Waals surface area (Å²) in [4.78, 5) is 17.5. The van der Waals surface area contributed by atoms with Crippen molar-refractivity contribution in [2.24, 2.45) is 0 Å². The smallest absolute Gasteiger partial charge is 0.358 e. The number of anilines is 1. The molecule has 8 heteroatoms. The summed E-state index contributed by atoms with van der Waals surface area (Å²) in [5.74, 6) is -0.580. The lowest BCUT2D eigenvalue weighted by Crippen LogP contribution is -2.24. The van der Waals surface area contributed by atoms with E-state index < -0.39 is 5.97 Å². The van der Waals surface area contributed by atoms with Gasteiger partial charge >= 0.3 is 12.0 Å². The van der Waals surface area contributed by atoms with Crippen molar-refractivity contribution < 1.29 is 18.7 Å². The maximum absolute atomic E-state index is 11.8. The molecule has 0 bridgehead atoms. The number of hydrogen-bond acceptors (Lipinski definition) is 6. The lowest BCUT2D eigenvalue weighted by molar-refractivity contribution is -0.136. The van der Waals surface area contributed by atoms with Gasteiger partial charge in [0.1, 0.15) is 18.2 Å².